The van der Waals surface area contributed by atoms with E-state index in [1.54, 1.807) is 30.2 Å². The fraction of sp³-hybridized carbons (Fsp3) is 0.333. The Bertz CT molecular complexity index is 646. The number of hydrogen-bond donors (Lipinski definition) is 1. The Kier molecular flexibility index (Phi) is 4.39. The molecule has 106 valence electrons. The summed E-state index contributed by atoms with van der Waals surface area (Å²) in [5.41, 5.74) is 0.707. The van der Waals surface area contributed by atoms with E-state index < -0.39 is 0 Å². The summed E-state index contributed by atoms with van der Waals surface area (Å²) in [6, 6.07) is 5.55. The first-order valence-electron chi connectivity index (χ1n) is 6.48. The Morgan fingerprint density at radius 2 is 2.25 bits per heavy atom. The van der Waals surface area contributed by atoms with E-state index in [0.717, 1.165) is 12.1 Å². The lowest BCUT2D eigenvalue weighted by molar-refractivity contribution is 0.0742. The minimum atomic E-state index is -0.240. The second-order valence-electron chi connectivity index (χ2n) is 4.94. The molecule has 1 unspecified atom stereocenters. The van der Waals surface area contributed by atoms with Crippen LogP contribution in [0.3, 0.4) is 0 Å². The van der Waals surface area contributed by atoms with Crippen molar-refractivity contribution in [2.75, 3.05) is 7.05 Å². The molecule has 2 rings (SSSR count). The van der Waals surface area contributed by atoms with Crippen LogP contribution >= 0.6 is 11.3 Å². The van der Waals surface area contributed by atoms with Crippen molar-refractivity contribution in [3.8, 4) is 0 Å². The van der Waals surface area contributed by atoms with Gasteiger partial charge in [-0.05, 0) is 25.3 Å². The molecular weight excluding hydrogens is 272 g/mol. The third-order valence-electron chi connectivity index (χ3n) is 3.35. The molecule has 1 amide bonds. The summed E-state index contributed by atoms with van der Waals surface area (Å²) in [5, 5.41) is 2.02. The lowest BCUT2D eigenvalue weighted by Gasteiger charge is -2.24. The highest BCUT2D eigenvalue weighted by Crippen LogP contribution is 2.14. The Hall–Kier alpha value is -1.88. The van der Waals surface area contributed by atoms with Gasteiger partial charge in [0.2, 0.25) is 0 Å². The Morgan fingerprint density at radius 1 is 1.50 bits per heavy atom. The zero-order valence-electron chi connectivity index (χ0n) is 11.8. The van der Waals surface area contributed by atoms with E-state index in [0.29, 0.717) is 0 Å². The summed E-state index contributed by atoms with van der Waals surface area (Å²) >= 11 is 1.68. The fourth-order valence-electron chi connectivity index (χ4n) is 1.99. The molecule has 0 fully saturated rings. The molecule has 2 aromatic rings. The first-order chi connectivity index (χ1) is 9.49. The van der Waals surface area contributed by atoms with Gasteiger partial charge in [-0.1, -0.05) is 6.07 Å². The van der Waals surface area contributed by atoms with Crippen molar-refractivity contribution < 1.29 is 4.79 Å². The van der Waals surface area contributed by atoms with Gasteiger partial charge in [0.05, 0.1) is 0 Å². The number of aromatic amines is 1. The number of aromatic nitrogens is 1. The van der Waals surface area contributed by atoms with Crippen LogP contribution in [0.2, 0.25) is 0 Å². The number of amides is 1. The van der Waals surface area contributed by atoms with Crippen LogP contribution in [-0.2, 0) is 6.42 Å². The van der Waals surface area contributed by atoms with Crippen LogP contribution in [0, 0.1) is 6.92 Å². The monoisotopic (exact) mass is 290 g/mol. The average molecular weight is 290 g/mol. The molecule has 0 aromatic carbocycles. The summed E-state index contributed by atoms with van der Waals surface area (Å²) < 4.78 is 0. The SMILES string of the molecule is Cc1cc(=O)c(C(=O)N(C)C(C)Cc2cccs2)c[nH]1. The van der Waals surface area contributed by atoms with Crippen LogP contribution in [0.25, 0.3) is 0 Å². The fourth-order valence-corrected chi connectivity index (χ4v) is 2.81. The first kappa shape index (κ1) is 14.5. The van der Waals surface area contributed by atoms with Crippen LogP contribution in [0.4, 0.5) is 0 Å². The van der Waals surface area contributed by atoms with Crippen LogP contribution in [0.15, 0.2) is 34.6 Å². The number of rotatable bonds is 4. The van der Waals surface area contributed by atoms with Gasteiger partial charge in [0.15, 0.2) is 5.43 Å². The molecular formula is C15H18N2O2S. The van der Waals surface area contributed by atoms with E-state index in [1.165, 1.54) is 17.1 Å². The second kappa shape index (κ2) is 6.05. The smallest absolute Gasteiger partial charge is 0.259 e. The number of aryl methyl sites for hydroxylation is 1. The molecule has 20 heavy (non-hydrogen) atoms. The van der Waals surface area contributed by atoms with E-state index in [1.807, 2.05) is 18.4 Å². The standard InChI is InChI=1S/C15H18N2O2S/c1-10-7-14(18)13(9-16-10)15(19)17(3)11(2)8-12-5-4-6-20-12/h4-7,9,11H,8H2,1-3H3,(H,16,18). The Labute approximate surface area is 122 Å². The Balaban J connectivity index is 2.13. The summed E-state index contributed by atoms with van der Waals surface area (Å²) in [5.74, 6) is -0.240. The van der Waals surface area contributed by atoms with Gasteiger partial charge in [-0.3, -0.25) is 9.59 Å². The summed E-state index contributed by atoms with van der Waals surface area (Å²) in [4.78, 5) is 30.0. The van der Waals surface area contributed by atoms with Gasteiger partial charge in [0, 0.05) is 42.3 Å². The number of thiophene rings is 1. The minimum Gasteiger partial charge on any atom is -0.364 e. The highest BCUT2D eigenvalue weighted by atomic mass is 32.1. The number of H-pyrrole nitrogens is 1. The highest BCUT2D eigenvalue weighted by Gasteiger charge is 2.20. The van der Waals surface area contributed by atoms with Crippen molar-refractivity contribution >= 4 is 17.2 Å². The van der Waals surface area contributed by atoms with Gasteiger partial charge in [-0.15, -0.1) is 11.3 Å². The maximum absolute atomic E-state index is 12.4. The molecule has 1 N–H and O–H groups in total. The van der Waals surface area contributed by atoms with E-state index in [2.05, 4.69) is 11.1 Å². The van der Waals surface area contributed by atoms with Crippen molar-refractivity contribution in [3.63, 3.8) is 0 Å². The largest absolute Gasteiger partial charge is 0.364 e. The molecule has 2 heterocycles. The van der Waals surface area contributed by atoms with Gasteiger partial charge >= 0.3 is 0 Å². The predicted octanol–water partition coefficient (Wildman–Crippen LogP) is 2.45. The molecule has 0 aliphatic rings. The van der Waals surface area contributed by atoms with Crippen molar-refractivity contribution in [2.45, 2.75) is 26.3 Å². The molecule has 0 aliphatic heterocycles. The summed E-state index contributed by atoms with van der Waals surface area (Å²) in [6.07, 6.45) is 2.29. The third kappa shape index (κ3) is 3.17. The molecule has 0 radical (unpaired) electrons. The minimum absolute atomic E-state index is 0.0434. The van der Waals surface area contributed by atoms with Crippen molar-refractivity contribution in [1.29, 1.82) is 0 Å². The number of carbonyl (C=O) groups is 1. The normalized spacial score (nSPS) is 12.2. The van der Waals surface area contributed by atoms with Gasteiger partial charge in [0.1, 0.15) is 5.56 Å². The molecule has 0 spiro atoms. The number of nitrogens with one attached hydrogen (secondary N) is 1. The van der Waals surface area contributed by atoms with Crippen LogP contribution in [0.1, 0.15) is 27.9 Å². The summed E-state index contributed by atoms with van der Waals surface area (Å²) in [7, 11) is 1.74. The number of likely N-dealkylation sites (N-methyl/N-ethyl adjacent to an activating group) is 1. The molecule has 0 saturated carbocycles. The number of nitrogens with zero attached hydrogens (tertiary/aromatic N) is 1. The number of hydrogen-bond acceptors (Lipinski definition) is 3. The van der Waals surface area contributed by atoms with Gasteiger partial charge in [0.25, 0.3) is 5.91 Å². The van der Waals surface area contributed by atoms with Crippen LogP contribution in [0.5, 0.6) is 0 Å². The molecule has 0 aliphatic carbocycles. The molecule has 0 bridgehead atoms. The summed E-state index contributed by atoms with van der Waals surface area (Å²) in [6.45, 7) is 3.78. The van der Waals surface area contributed by atoms with E-state index >= 15 is 0 Å². The van der Waals surface area contributed by atoms with E-state index in [9.17, 15) is 9.59 Å². The predicted molar refractivity (Wildman–Crippen MR) is 81.4 cm³/mol. The molecule has 0 saturated heterocycles. The zero-order valence-corrected chi connectivity index (χ0v) is 12.7. The lowest BCUT2D eigenvalue weighted by atomic mass is 10.1. The van der Waals surface area contributed by atoms with Gasteiger partial charge in [-0.25, -0.2) is 0 Å². The lowest BCUT2D eigenvalue weighted by Crippen LogP contribution is -2.38. The zero-order chi connectivity index (χ0) is 14.7. The third-order valence-corrected chi connectivity index (χ3v) is 4.24. The molecule has 2 aromatic heterocycles. The topological polar surface area (TPSA) is 53.2 Å². The quantitative estimate of drug-likeness (QED) is 0.940. The van der Waals surface area contributed by atoms with Crippen LogP contribution < -0.4 is 5.43 Å². The maximum Gasteiger partial charge on any atom is 0.259 e. The second-order valence-corrected chi connectivity index (χ2v) is 5.97. The van der Waals surface area contributed by atoms with Crippen molar-refractivity contribution in [3.05, 3.63) is 56.1 Å². The number of pyridine rings is 1. The molecule has 4 nitrogen and oxygen atoms in total. The average Bonchev–Trinajstić information content (AvgIpc) is 2.90. The van der Waals surface area contributed by atoms with Crippen molar-refractivity contribution in [1.82, 2.24) is 9.88 Å². The van der Waals surface area contributed by atoms with Gasteiger partial charge in [-0.2, -0.15) is 0 Å². The highest BCUT2D eigenvalue weighted by molar-refractivity contribution is 7.09. The van der Waals surface area contributed by atoms with Crippen LogP contribution in [-0.4, -0.2) is 28.9 Å². The Morgan fingerprint density at radius 3 is 2.85 bits per heavy atom. The maximum atomic E-state index is 12.4. The first-order valence-corrected chi connectivity index (χ1v) is 7.36. The van der Waals surface area contributed by atoms with Crippen molar-refractivity contribution in [2.24, 2.45) is 0 Å². The van der Waals surface area contributed by atoms with Gasteiger partial charge < -0.3 is 9.88 Å². The number of carbonyl (C=O) groups excluding carboxylic acids is 1. The van der Waals surface area contributed by atoms with E-state index in [-0.39, 0.29) is 22.9 Å². The molecule has 5 heteroatoms. The van der Waals surface area contributed by atoms with E-state index in [4.69, 9.17) is 0 Å². The molecule has 1 atom stereocenters.